The van der Waals surface area contributed by atoms with E-state index in [1.807, 2.05) is 12.3 Å². The summed E-state index contributed by atoms with van der Waals surface area (Å²) < 4.78 is 0. The molecule has 0 amide bonds. The molecule has 16 heavy (non-hydrogen) atoms. The maximum atomic E-state index is 5.63. The topological polar surface area (TPSA) is 42.2 Å². The summed E-state index contributed by atoms with van der Waals surface area (Å²) in [4.78, 5) is 6.80. The van der Waals surface area contributed by atoms with Crippen LogP contribution in [-0.4, -0.2) is 29.5 Å². The lowest BCUT2D eigenvalue weighted by Gasteiger charge is -2.23. The molecule has 0 bridgehead atoms. The zero-order chi connectivity index (χ0) is 12.0. The first-order chi connectivity index (χ1) is 7.63. The summed E-state index contributed by atoms with van der Waals surface area (Å²) in [5, 5.41) is 0. The van der Waals surface area contributed by atoms with Crippen LogP contribution in [0.25, 0.3) is 0 Å². The van der Waals surface area contributed by atoms with Crippen molar-refractivity contribution < 1.29 is 0 Å². The van der Waals surface area contributed by atoms with E-state index >= 15 is 0 Å². The van der Waals surface area contributed by atoms with Crippen molar-refractivity contribution in [1.29, 1.82) is 0 Å². The molecule has 1 heterocycles. The van der Waals surface area contributed by atoms with E-state index in [1.54, 1.807) is 0 Å². The van der Waals surface area contributed by atoms with Crippen LogP contribution in [0.4, 0.5) is 0 Å². The molecule has 0 unspecified atom stereocenters. The Morgan fingerprint density at radius 2 is 2.19 bits per heavy atom. The molecular weight excluding hydrogens is 198 g/mol. The van der Waals surface area contributed by atoms with Crippen molar-refractivity contribution in [2.75, 3.05) is 19.6 Å². The largest absolute Gasteiger partial charge is 0.329 e. The van der Waals surface area contributed by atoms with Gasteiger partial charge in [0, 0.05) is 32.4 Å². The number of hydrogen-bond acceptors (Lipinski definition) is 3. The minimum Gasteiger partial charge on any atom is -0.329 e. The van der Waals surface area contributed by atoms with Crippen LogP contribution in [0, 0.1) is 12.8 Å². The molecule has 0 aliphatic carbocycles. The number of rotatable bonds is 6. The zero-order valence-corrected chi connectivity index (χ0v) is 10.6. The summed E-state index contributed by atoms with van der Waals surface area (Å²) in [5.41, 5.74) is 8.06. The van der Waals surface area contributed by atoms with Crippen LogP contribution < -0.4 is 5.73 Å². The summed E-state index contributed by atoms with van der Waals surface area (Å²) in [7, 11) is 0. The Hall–Kier alpha value is -0.930. The molecule has 0 saturated heterocycles. The number of aryl methyl sites for hydroxylation is 1. The second kappa shape index (κ2) is 6.61. The van der Waals surface area contributed by atoms with E-state index in [0.717, 1.165) is 25.3 Å². The van der Waals surface area contributed by atoms with Gasteiger partial charge in [0.2, 0.25) is 0 Å². The first-order valence-electron chi connectivity index (χ1n) is 5.96. The molecule has 0 atom stereocenters. The fraction of sp³-hybridized carbons (Fsp3) is 0.615. The van der Waals surface area contributed by atoms with E-state index in [1.165, 1.54) is 5.56 Å². The molecule has 1 aromatic rings. The quantitative estimate of drug-likeness (QED) is 0.796. The molecule has 0 aliphatic heterocycles. The molecule has 1 rings (SSSR count). The van der Waals surface area contributed by atoms with Gasteiger partial charge in [0.15, 0.2) is 0 Å². The van der Waals surface area contributed by atoms with Gasteiger partial charge in [-0.3, -0.25) is 9.88 Å². The van der Waals surface area contributed by atoms with E-state index < -0.39 is 0 Å². The van der Waals surface area contributed by atoms with Crippen LogP contribution in [0.1, 0.15) is 25.1 Å². The average molecular weight is 221 g/mol. The summed E-state index contributed by atoms with van der Waals surface area (Å²) in [5.74, 6) is 0.663. The van der Waals surface area contributed by atoms with Gasteiger partial charge in [0.1, 0.15) is 0 Å². The van der Waals surface area contributed by atoms with E-state index in [2.05, 4.69) is 36.7 Å². The van der Waals surface area contributed by atoms with Gasteiger partial charge >= 0.3 is 0 Å². The smallest absolute Gasteiger partial charge is 0.0573 e. The first-order valence-corrected chi connectivity index (χ1v) is 5.96. The third-order valence-corrected chi connectivity index (χ3v) is 2.56. The van der Waals surface area contributed by atoms with Crippen molar-refractivity contribution in [1.82, 2.24) is 9.88 Å². The molecule has 1 aromatic heterocycles. The Bertz CT molecular complexity index is 310. The third kappa shape index (κ3) is 4.29. The number of aromatic nitrogens is 1. The average Bonchev–Trinajstić information content (AvgIpc) is 2.21. The van der Waals surface area contributed by atoms with E-state index in [9.17, 15) is 0 Å². The van der Waals surface area contributed by atoms with E-state index in [4.69, 9.17) is 5.73 Å². The van der Waals surface area contributed by atoms with Gasteiger partial charge in [0.05, 0.1) is 5.69 Å². The predicted octanol–water partition coefficient (Wildman–Crippen LogP) is 1.81. The van der Waals surface area contributed by atoms with Gasteiger partial charge in [-0.2, -0.15) is 0 Å². The first kappa shape index (κ1) is 13.1. The number of nitrogens with two attached hydrogens (primary N) is 1. The standard InChI is InChI=1S/C13H23N3/c1-11(2)9-16(8-6-14)10-13-12(3)5-4-7-15-13/h4-5,7,11H,6,8-10,14H2,1-3H3. The van der Waals surface area contributed by atoms with Gasteiger partial charge in [-0.25, -0.2) is 0 Å². The predicted molar refractivity (Wildman–Crippen MR) is 68.1 cm³/mol. The van der Waals surface area contributed by atoms with Crippen molar-refractivity contribution in [2.45, 2.75) is 27.3 Å². The fourth-order valence-corrected chi connectivity index (χ4v) is 1.83. The monoisotopic (exact) mass is 221 g/mol. The molecule has 3 heteroatoms. The van der Waals surface area contributed by atoms with Crippen molar-refractivity contribution in [3.63, 3.8) is 0 Å². The second-order valence-electron chi connectivity index (χ2n) is 4.68. The van der Waals surface area contributed by atoms with Crippen molar-refractivity contribution in [3.8, 4) is 0 Å². The van der Waals surface area contributed by atoms with Crippen LogP contribution in [0.5, 0.6) is 0 Å². The Morgan fingerprint density at radius 3 is 2.75 bits per heavy atom. The number of pyridine rings is 1. The second-order valence-corrected chi connectivity index (χ2v) is 4.68. The highest BCUT2D eigenvalue weighted by atomic mass is 15.1. The molecule has 3 nitrogen and oxygen atoms in total. The highest BCUT2D eigenvalue weighted by molar-refractivity contribution is 5.17. The Balaban J connectivity index is 2.64. The lowest BCUT2D eigenvalue weighted by atomic mass is 10.1. The minimum atomic E-state index is 0.663. The van der Waals surface area contributed by atoms with Gasteiger partial charge in [-0.1, -0.05) is 19.9 Å². The third-order valence-electron chi connectivity index (χ3n) is 2.56. The maximum absolute atomic E-state index is 5.63. The molecule has 0 spiro atoms. The van der Waals surface area contributed by atoms with Crippen molar-refractivity contribution in [2.24, 2.45) is 11.7 Å². The highest BCUT2D eigenvalue weighted by Crippen LogP contribution is 2.08. The summed E-state index contributed by atoms with van der Waals surface area (Å²) >= 11 is 0. The van der Waals surface area contributed by atoms with E-state index in [0.29, 0.717) is 12.5 Å². The Labute approximate surface area is 98.7 Å². The van der Waals surface area contributed by atoms with Crippen LogP contribution in [0.3, 0.4) is 0 Å². The molecule has 90 valence electrons. The lowest BCUT2D eigenvalue weighted by Crippen LogP contribution is -2.32. The summed E-state index contributed by atoms with van der Waals surface area (Å²) in [6, 6.07) is 4.09. The number of nitrogens with zero attached hydrogens (tertiary/aromatic N) is 2. The molecule has 2 N–H and O–H groups in total. The lowest BCUT2D eigenvalue weighted by molar-refractivity contribution is 0.239. The molecule has 0 saturated carbocycles. The van der Waals surface area contributed by atoms with Crippen LogP contribution >= 0.6 is 0 Å². The summed E-state index contributed by atoms with van der Waals surface area (Å²) in [6.07, 6.45) is 1.86. The van der Waals surface area contributed by atoms with Gasteiger partial charge in [0.25, 0.3) is 0 Å². The van der Waals surface area contributed by atoms with Gasteiger partial charge in [-0.15, -0.1) is 0 Å². The van der Waals surface area contributed by atoms with Crippen molar-refractivity contribution in [3.05, 3.63) is 29.6 Å². The zero-order valence-electron chi connectivity index (χ0n) is 10.6. The van der Waals surface area contributed by atoms with Crippen LogP contribution in [-0.2, 0) is 6.54 Å². The minimum absolute atomic E-state index is 0.663. The Morgan fingerprint density at radius 1 is 1.44 bits per heavy atom. The van der Waals surface area contributed by atoms with Crippen molar-refractivity contribution >= 4 is 0 Å². The van der Waals surface area contributed by atoms with Gasteiger partial charge in [-0.05, 0) is 24.5 Å². The fourth-order valence-electron chi connectivity index (χ4n) is 1.83. The molecule has 0 radical (unpaired) electrons. The van der Waals surface area contributed by atoms with Crippen LogP contribution in [0.15, 0.2) is 18.3 Å². The molecule has 0 aliphatic rings. The highest BCUT2D eigenvalue weighted by Gasteiger charge is 2.09. The molecule has 0 fully saturated rings. The van der Waals surface area contributed by atoms with Gasteiger partial charge < -0.3 is 5.73 Å². The molecule has 0 aromatic carbocycles. The maximum Gasteiger partial charge on any atom is 0.0573 e. The normalized spacial score (nSPS) is 11.4. The van der Waals surface area contributed by atoms with Crippen LogP contribution in [0.2, 0.25) is 0 Å². The Kier molecular flexibility index (Phi) is 5.43. The van der Waals surface area contributed by atoms with E-state index in [-0.39, 0.29) is 0 Å². The molecular formula is C13H23N3. The summed E-state index contributed by atoms with van der Waals surface area (Å²) in [6.45, 7) is 10.2. The number of hydrogen-bond donors (Lipinski definition) is 1. The SMILES string of the molecule is Cc1cccnc1CN(CCN)CC(C)C.